The Morgan fingerprint density at radius 3 is 2.52 bits per heavy atom. The summed E-state index contributed by atoms with van der Waals surface area (Å²) >= 11 is 0. The van der Waals surface area contributed by atoms with E-state index in [1.54, 1.807) is 0 Å². The molecular formula is C17H19NO3. The first-order valence-corrected chi connectivity index (χ1v) is 7.19. The highest BCUT2D eigenvalue weighted by Gasteiger charge is 2.15. The molecule has 2 aromatic rings. The van der Waals surface area contributed by atoms with Crippen molar-refractivity contribution in [1.82, 2.24) is 0 Å². The molecule has 0 spiro atoms. The van der Waals surface area contributed by atoms with Crippen molar-refractivity contribution in [2.24, 2.45) is 0 Å². The van der Waals surface area contributed by atoms with Crippen molar-refractivity contribution >= 4 is 5.69 Å². The van der Waals surface area contributed by atoms with E-state index in [0.717, 1.165) is 29.2 Å². The molecule has 2 aromatic carbocycles. The maximum absolute atomic E-state index is 9.67. The quantitative estimate of drug-likeness (QED) is 0.906. The highest BCUT2D eigenvalue weighted by molar-refractivity contribution is 5.49. The largest absolute Gasteiger partial charge is 0.490 e. The fourth-order valence-electron chi connectivity index (χ4n) is 2.37. The fraction of sp³-hybridized carbons (Fsp3) is 0.294. The van der Waals surface area contributed by atoms with Crippen molar-refractivity contribution in [3.05, 3.63) is 54.1 Å². The first-order valence-electron chi connectivity index (χ1n) is 7.19. The molecule has 0 saturated heterocycles. The van der Waals surface area contributed by atoms with Crippen molar-refractivity contribution in [3.63, 3.8) is 0 Å². The van der Waals surface area contributed by atoms with Crippen molar-refractivity contribution in [3.8, 4) is 11.5 Å². The zero-order valence-corrected chi connectivity index (χ0v) is 11.8. The molecule has 0 radical (unpaired) electrons. The van der Waals surface area contributed by atoms with Crippen LogP contribution in [0.3, 0.4) is 0 Å². The van der Waals surface area contributed by atoms with Crippen LogP contribution in [0.1, 0.15) is 18.0 Å². The highest BCUT2D eigenvalue weighted by Crippen LogP contribution is 2.33. The number of fused-ring (bicyclic) bond motifs is 1. The molecular weight excluding hydrogens is 266 g/mol. The van der Waals surface area contributed by atoms with Crippen LogP contribution in [0.4, 0.5) is 5.69 Å². The Balaban J connectivity index is 1.82. The topological polar surface area (TPSA) is 50.7 Å². The number of ether oxygens (including phenoxy) is 2. The first-order chi connectivity index (χ1) is 10.4. The fourth-order valence-corrected chi connectivity index (χ4v) is 2.37. The highest BCUT2D eigenvalue weighted by atomic mass is 16.5. The third kappa shape index (κ3) is 3.28. The van der Waals surface area contributed by atoms with Gasteiger partial charge in [0.05, 0.1) is 25.9 Å². The Morgan fingerprint density at radius 1 is 1.00 bits per heavy atom. The first kappa shape index (κ1) is 13.8. The number of benzene rings is 2. The van der Waals surface area contributed by atoms with Crippen LogP contribution in [0, 0.1) is 0 Å². The van der Waals surface area contributed by atoms with Crippen molar-refractivity contribution in [2.75, 3.05) is 25.1 Å². The van der Waals surface area contributed by atoms with Crippen LogP contribution in [0.15, 0.2) is 48.5 Å². The van der Waals surface area contributed by atoms with Crippen LogP contribution in [0.5, 0.6) is 11.5 Å². The van der Waals surface area contributed by atoms with E-state index in [1.807, 2.05) is 48.5 Å². The molecule has 0 saturated carbocycles. The minimum absolute atomic E-state index is 0.00847. The predicted octanol–water partition coefficient (Wildman–Crippen LogP) is 2.99. The second kappa shape index (κ2) is 6.50. The van der Waals surface area contributed by atoms with Crippen LogP contribution in [0.25, 0.3) is 0 Å². The van der Waals surface area contributed by atoms with Crippen LogP contribution in [-0.4, -0.2) is 24.9 Å². The van der Waals surface area contributed by atoms with E-state index in [9.17, 15) is 5.11 Å². The SMILES string of the molecule is OCC(Nc1ccccc1)c1ccc2c(c1)OCCCO2. The molecule has 110 valence electrons. The molecule has 1 heterocycles. The number of hydrogen-bond acceptors (Lipinski definition) is 4. The maximum atomic E-state index is 9.67. The number of nitrogens with one attached hydrogen (secondary N) is 1. The lowest BCUT2D eigenvalue weighted by molar-refractivity contribution is 0.275. The lowest BCUT2D eigenvalue weighted by Gasteiger charge is -2.19. The van der Waals surface area contributed by atoms with Gasteiger partial charge < -0.3 is 19.9 Å². The molecule has 0 aliphatic carbocycles. The minimum Gasteiger partial charge on any atom is -0.490 e. The van der Waals surface area contributed by atoms with E-state index < -0.39 is 0 Å². The number of aliphatic hydroxyl groups excluding tert-OH is 1. The molecule has 21 heavy (non-hydrogen) atoms. The van der Waals surface area contributed by atoms with Gasteiger partial charge in [0.1, 0.15) is 0 Å². The summed E-state index contributed by atoms with van der Waals surface area (Å²) in [4.78, 5) is 0. The molecule has 1 aliphatic rings. The maximum Gasteiger partial charge on any atom is 0.161 e. The van der Waals surface area contributed by atoms with E-state index in [4.69, 9.17) is 9.47 Å². The van der Waals surface area contributed by atoms with Gasteiger partial charge in [0.15, 0.2) is 11.5 Å². The molecule has 3 rings (SSSR count). The van der Waals surface area contributed by atoms with Crippen LogP contribution < -0.4 is 14.8 Å². The average molecular weight is 285 g/mol. The zero-order valence-electron chi connectivity index (χ0n) is 11.8. The molecule has 1 unspecified atom stereocenters. The van der Waals surface area contributed by atoms with Crippen molar-refractivity contribution < 1.29 is 14.6 Å². The summed E-state index contributed by atoms with van der Waals surface area (Å²) in [6.45, 7) is 1.35. The van der Waals surface area contributed by atoms with Gasteiger partial charge in [-0.2, -0.15) is 0 Å². The van der Waals surface area contributed by atoms with Gasteiger partial charge in [-0.3, -0.25) is 0 Å². The van der Waals surface area contributed by atoms with Gasteiger partial charge in [-0.15, -0.1) is 0 Å². The number of para-hydroxylation sites is 1. The van der Waals surface area contributed by atoms with E-state index in [0.29, 0.717) is 13.2 Å². The van der Waals surface area contributed by atoms with Crippen molar-refractivity contribution in [2.45, 2.75) is 12.5 Å². The minimum atomic E-state index is -0.176. The van der Waals surface area contributed by atoms with E-state index in [2.05, 4.69) is 5.32 Å². The molecule has 0 amide bonds. The summed E-state index contributed by atoms with van der Waals surface area (Å²) in [5, 5.41) is 13.0. The normalized spacial score (nSPS) is 15.1. The number of anilines is 1. The third-order valence-corrected chi connectivity index (χ3v) is 3.47. The van der Waals surface area contributed by atoms with Gasteiger partial charge in [-0.1, -0.05) is 24.3 Å². The summed E-state index contributed by atoms with van der Waals surface area (Å²) in [7, 11) is 0. The molecule has 4 nitrogen and oxygen atoms in total. The van der Waals surface area contributed by atoms with E-state index >= 15 is 0 Å². The molecule has 1 aliphatic heterocycles. The summed E-state index contributed by atoms with van der Waals surface area (Å²) in [6.07, 6.45) is 0.885. The Bertz CT molecular complexity index is 586. The summed E-state index contributed by atoms with van der Waals surface area (Å²) in [5.74, 6) is 1.52. The second-order valence-corrected chi connectivity index (χ2v) is 5.00. The molecule has 4 heteroatoms. The Morgan fingerprint density at radius 2 is 1.76 bits per heavy atom. The van der Waals surface area contributed by atoms with Crippen molar-refractivity contribution in [1.29, 1.82) is 0 Å². The number of rotatable bonds is 4. The molecule has 2 N–H and O–H groups in total. The third-order valence-electron chi connectivity index (χ3n) is 3.47. The van der Waals surface area contributed by atoms with Gasteiger partial charge >= 0.3 is 0 Å². The average Bonchev–Trinajstić information content (AvgIpc) is 2.78. The molecule has 1 atom stereocenters. The zero-order chi connectivity index (χ0) is 14.5. The standard InChI is InChI=1S/C17H19NO3/c19-12-15(18-14-5-2-1-3-6-14)13-7-8-16-17(11-13)21-10-4-9-20-16/h1-3,5-8,11,15,18-19H,4,9-10,12H2. The van der Waals surface area contributed by atoms with Gasteiger partial charge in [0.2, 0.25) is 0 Å². The predicted molar refractivity (Wildman–Crippen MR) is 81.9 cm³/mol. The van der Waals surface area contributed by atoms with Crippen LogP contribution in [-0.2, 0) is 0 Å². The van der Waals surface area contributed by atoms with Gasteiger partial charge in [-0.25, -0.2) is 0 Å². The number of hydrogen-bond donors (Lipinski definition) is 2. The Hall–Kier alpha value is -2.20. The van der Waals surface area contributed by atoms with Gasteiger partial charge in [0.25, 0.3) is 0 Å². The molecule has 0 fully saturated rings. The molecule has 0 aromatic heterocycles. The second-order valence-electron chi connectivity index (χ2n) is 5.00. The lowest BCUT2D eigenvalue weighted by atomic mass is 10.1. The Kier molecular flexibility index (Phi) is 4.26. The van der Waals surface area contributed by atoms with E-state index in [-0.39, 0.29) is 12.6 Å². The summed E-state index contributed by atoms with van der Waals surface area (Å²) < 4.78 is 11.3. The molecule has 0 bridgehead atoms. The van der Waals surface area contributed by atoms with Gasteiger partial charge in [0, 0.05) is 12.1 Å². The van der Waals surface area contributed by atoms with Crippen LogP contribution >= 0.6 is 0 Å². The summed E-state index contributed by atoms with van der Waals surface area (Å²) in [6, 6.07) is 15.5. The van der Waals surface area contributed by atoms with E-state index in [1.165, 1.54) is 0 Å². The number of aliphatic hydroxyl groups is 1. The van der Waals surface area contributed by atoms with Gasteiger partial charge in [-0.05, 0) is 29.8 Å². The monoisotopic (exact) mass is 285 g/mol. The summed E-state index contributed by atoms with van der Waals surface area (Å²) in [5.41, 5.74) is 1.95. The van der Waals surface area contributed by atoms with Crippen LogP contribution in [0.2, 0.25) is 0 Å². The lowest BCUT2D eigenvalue weighted by Crippen LogP contribution is -2.14. The Labute approximate surface area is 124 Å². The smallest absolute Gasteiger partial charge is 0.161 e.